The summed E-state index contributed by atoms with van der Waals surface area (Å²) in [6, 6.07) is 20.8. The van der Waals surface area contributed by atoms with Gasteiger partial charge in [-0.05, 0) is 48.5 Å². The number of imidazole rings is 1. The van der Waals surface area contributed by atoms with E-state index < -0.39 is 5.97 Å². The van der Waals surface area contributed by atoms with Gasteiger partial charge in [0.15, 0.2) is 0 Å². The number of H-pyrrole nitrogens is 1. The van der Waals surface area contributed by atoms with Crippen LogP contribution in [0.3, 0.4) is 0 Å². The van der Waals surface area contributed by atoms with Crippen LogP contribution in [0.4, 0.5) is 5.95 Å². The van der Waals surface area contributed by atoms with E-state index in [4.69, 9.17) is 4.74 Å². The second-order valence-electron chi connectivity index (χ2n) is 5.99. The minimum absolute atomic E-state index is 0.0664. The SMILES string of the molecule is O=C(Nc1nc2c(C(=O)O)cccc2[nH]1)c1ccc(Oc2ccccc2)cc1. The Morgan fingerprint density at radius 2 is 1.61 bits per heavy atom. The Balaban J connectivity index is 1.50. The number of para-hydroxylation sites is 2. The minimum Gasteiger partial charge on any atom is -0.478 e. The lowest BCUT2D eigenvalue weighted by Gasteiger charge is -2.06. The molecule has 7 heteroatoms. The highest BCUT2D eigenvalue weighted by Gasteiger charge is 2.14. The van der Waals surface area contributed by atoms with Crippen molar-refractivity contribution in [1.82, 2.24) is 9.97 Å². The van der Waals surface area contributed by atoms with E-state index in [1.54, 1.807) is 36.4 Å². The number of aromatic nitrogens is 2. The van der Waals surface area contributed by atoms with E-state index in [-0.39, 0.29) is 22.9 Å². The van der Waals surface area contributed by atoms with Gasteiger partial charge in [-0.2, -0.15) is 0 Å². The van der Waals surface area contributed by atoms with Gasteiger partial charge in [-0.25, -0.2) is 9.78 Å². The van der Waals surface area contributed by atoms with Crippen molar-refractivity contribution in [2.45, 2.75) is 0 Å². The van der Waals surface area contributed by atoms with E-state index in [9.17, 15) is 14.7 Å². The fraction of sp³-hybridized carbons (Fsp3) is 0. The monoisotopic (exact) mass is 373 g/mol. The molecule has 0 aliphatic heterocycles. The van der Waals surface area contributed by atoms with Gasteiger partial charge in [0, 0.05) is 5.56 Å². The first kappa shape index (κ1) is 17.3. The topological polar surface area (TPSA) is 104 Å². The Hall–Kier alpha value is -4.13. The van der Waals surface area contributed by atoms with Crippen LogP contribution in [0.1, 0.15) is 20.7 Å². The van der Waals surface area contributed by atoms with Crippen LogP contribution in [0.5, 0.6) is 11.5 Å². The Morgan fingerprint density at radius 3 is 2.32 bits per heavy atom. The number of nitrogens with one attached hydrogen (secondary N) is 2. The number of nitrogens with zero attached hydrogens (tertiary/aromatic N) is 1. The van der Waals surface area contributed by atoms with Gasteiger partial charge in [-0.1, -0.05) is 24.3 Å². The first-order chi connectivity index (χ1) is 13.6. The van der Waals surface area contributed by atoms with Crippen LogP contribution in [-0.2, 0) is 0 Å². The lowest BCUT2D eigenvalue weighted by atomic mass is 10.2. The fourth-order valence-corrected chi connectivity index (χ4v) is 2.74. The molecule has 0 spiro atoms. The van der Waals surface area contributed by atoms with E-state index in [0.717, 1.165) is 0 Å². The highest BCUT2D eigenvalue weighted by atomic mass is 16.5. The summed E-state index contributed by atoms with van der Waals surface area (Å²) in [4.78, 5) is 30.8. The van der Waals surface area contributed by atoms with Crippen molar-refractivity contribution in [3.8, 4) is 11.5 Å². The lowest BCUT2D eigenvalue weighted by molar-refractivity contribution is 0.0698. The highest BCUT2D eigenvalue weighted by Crippen LogP contribution is 2.22. The van der Waals surface area contributed by atoms with Crippen LogP contribution >= 0.6 is 0 Å². The largest absolute Gasteiger partial charge is 0.478 e. The average molecular weight is 373 g/mol. The van der Waals surface area contributed by atoms with Crippen molar-refractivity contribution in [1.29, 1.82) is 0 Å². The molecule has 28 heavy (non-hydrogen) atoms. The van der Waals surface area contributed by atoms with Crippen LogP contribution < -0.4 is 10.1 Å². The number of aromatic carboxylic acids is 1. The molecule has 1 aromatic heterocycles. The fourth-order valence-electron chi connectivity index (χ4n) is 2.74. The van der Waals surface area contributed by atoms with Crippen LogP contribution in [0.25, 0.3) is 11.0 Å². The van der Waals surface area contributed by atoms with Crippen molar-refractivity contribution in [3.63, 3.8) is 0 Å². The van der Waals surface area contributed by atoms with Crippen molar-refractivity contribution >= 4 is 28.9 Å². The number of aromatic amines is 1. The van der Waals surface area contributed by atoms with Gasteiger partial charge in [0.25, 0.3) is 5.91 Å². The number of carboxylic acid groups (broad SMARTS) is 1. The van der Waals surface area contributed by atoms with Gasteiger partial charge in [0.1, 0.15) is 17.0 Å². The number of hydrogen-bond acceptors (Lipinski definition) is 4. The molecule has 0 saturated heterocycles. The standard InChI is InChI=1S/C21H15N3O4/c25-19(13-9-11-15(12-10-13)28-14-5-2-1-3-6-14)24-21-22-17-8-4-7-16(20(26)27)18(17)23-21/h1-12H,(H,26,27)(H2,22,23,24,25). The van der Waals surface area contributed by atoms with Gasteiger partial charge >= 0.3 is 5.97 Å². The predicted molar refractivity (Wildman–Crippen MR) is 104 cm³/mol. The van der Waals surface area contributed by atoms with Gasteiger partial charge in [-0.15, -0.1) is 0 Å². The second-order valence-corrected chi connectivity index (χ2v) is 5.99. The number of carbonyl (C=O) groups is 2. The number of benzene rings is 3. The van der Waals surface area contributed by atoms with Gasteiger partial charge in [-0.3, -0.25) is 10.1 Å². The summed E-state index contributed by atoms with van der Waals surface area (Å²) in [6.07, 6.45) is 0. The van der Waals surface area contributed by atoms with Crippen molar-refractivity contribution in [2.24, 2.45) is 0 Å². The summed E-state index contributed by atoms with van der Waals surface area (Å²) in [5.41, 5.74) is 1.30. The van der Waals surface area contributed by atoms with Crippen LogP contribution in [0.15, 0.2) is 72.8 Å². The van der Waals surface area contributed by atoms with Crippen molar-refractivity contribution in [3.05, 3.63) is 83.9 Å². The van der Waals surface area contributed by atoms with E-state index in [1.807, 2.05) is 30.3 Å². The number of amides is 1. The summed E-state index contributed by atoms with van der Waals surface area (Å²) in [5.74, 6) is 0.0401. The molecule has 4 rings (SSSR count). The quantitative estimate of drug-likeness (QED) is 0.484. The number of rotatable bonds is 5. The first-order valence-corrected chi connectivity index (χ1v) is 8.46. The van der Waals surface area contributed by atoms with E-state index >= 15 is 0 Å². The number of anilines is 1. The third-order valence-electron chi connectivity index (χ3n) is 4.07. The second kappa shape index (κ2) is 7.24. The molecule has 0 aliphatic rings. The lowest BCUT2D eigenvalue weighted by Crippen LogP contribution is -2.12. The molecule has 0 unspecified atom stereocenters. The Bertz CT molecular complexity index is 1150. The molecular weight excluding hydrogens is 358 g/mol. The molecule has 0 aliphatic carbocycles. The number of hydrogen-bond donors (Lipinski definition) is 3. The van der Waals surface area contributed by atoms with E-state index in [2.05, 4.69) is 15.3 Å². The molecule has 3 aromatic carbocycles. The zero-order valence-electron chi connectivity index (χ0n) is 14.5. The van der Waals surface area contributed by atoms with Gasteiger partial charge in [0.2, 0.25) is 5.95 Å². The molecule has 3 N–H and O–H groups in total. The molecular formula is C21H15N3O4. The average Bonchev–Trinajstić information content (AvgIpc) is 3.11. The molecule has 0 atom stereocenters. The van der Waals surface area contributed by atoms with Crippen LogP contribution in [0, 0.1) is 0 Å². The maximum atomic E-state index is 12.5. The smallest absolute Gasteiger partial charge is 0.337 e. The summed E-state index contributed by atoms with van der Waals surface area (Å²) in [7, 11) is 0. The van der Waals surface area contributed by atoms with Crippen LogP contribution in [0.2, 0.25) is 0 Å². The number of carbonyl (C=O) groups excluding carboxylic acids is 1. The van der Waals surface area contributed by atoms with E-state index in [0.29, 0.717) is 22.6 Å². The molecule has 138 valence electrons. The molecule has 0 radical (unpaired) electrons. The molecule has 0 saturated carbocycles. The van der Waals surface area contributed by atoms with Crippen molar-refractivity contribution < 1.29 is 19.4 Å². The van der Waals surface area contributed by atoms with Crippen LogP contribution in [-0.4, -0.2) is 27.0 Å². The maximum absolute atomic E-state index is 12.5. The van der Waals surface area contributed by atoms with E-state index in [1.165, 1.54) is 6.07 Å². The predicted octanol–water partition coefficient (Wildman–Crippen LogP) is 4.31. The van der Waals surface area contributed by atoms with Crippen molar-refractivity contribution in [2.75, 3.05) is 5.32 Å². The Morgan fingerprint density at radius 1 is 0.893 bits per heavy atom. The third kappa shape index (κ3) is 3.54. The zero-order chi connectivity index (χ0) is 19.5. The minimum atomic E-state index is -1.08. The molecule has 1 amide bonds. The summed E-state index contributed by atoms with van der Waals surface area (Å²) >= 11 is 0. The molecule has 1 heterocycles. The third-order valence-corrected chi connectivity index (χ3v) is 4.07. The van der Waals surface area contributed by atoms with Gasteiger partial charge < -0.3 is 14.8 Å². The summed E-state index contributed by atoms with van der Waals surface area (Å²) in [6.45, 7) is 0. The number of fused-ring (bicyclic) bond motifs is 1. The number of carboxylic acids is 1. The Labute approximate surface area is 159 Å². The zero-order valence-corrected chi connectivity index (χ0v) is 14.5. The summed E-state index contributed by atoms with van der Waals surface area (Å²) in [5, 5.41) is 11.9. The first-order valence-electron chi connectivity index (χ1n) is 8.46. The maximum Gasteiger partial charge on any atom is 0.337 e. The van der Waals surface area contributed by atoms with Gasteiger partial charge in [0.05, 0.1) is 11.1 Å². The summed E-state index contributed by atoms with van der Waals surface area (Å²) < 4.78 is 5.70. The normalized spacial score (nSPS) is 10.6. The molecule has 0 fully saturated rings. The molecule has 0 bridgehead atoms. The highest BCUT2D eigenvalue weighted by molar-refractivity contribution is 6.05. The number of ether oxygens (including phenoxy) is 1. The molecule has 4 aromatic rings. The Kier molecular flexibility index (Phi) is 4.47. The molecule has 7 nitrogen and oxygen atoms in total.